The van der Waals surface area contributed by atoms with Crippen LogP contribution in [0, 0.1) is 17.1 Å². The van der Waals surface area contributed by atoms with Gasteiger partial charge in [0.05, 0.1) is 35.1 Å². The lowest BCUT2D eigenvalue weighted by Gasteiger charge is -2.14. The maximum absolute atomic E-state index is 13.6. The number of pyridine rings is 2. The number of nitrogens with zero attached hydrogens (tertiary/aromatic N) is 3. The molecule has 4 aromatic rings. The summed E-state index contributed by atoms with van der Waals surface area (Å²) in [6.45, 7) is 1.18. The van der Waals surface area contributed by atoms with Crippen LogP contribution in [0.1, 0.15) is 32.9 Å². The molecule has 0 spiro atoms. The first-order valence-corrected chi connectivity index (χ1v) is 12.0. The van der Waals surface area contributed by atoms with Crippen molar-refractivity contribution in [1.82, 2.24) is 15.3 Å². The van der Waals surface area contributed by atoms with Crippen molar-refractivity contribution in [1.29, 1.82) is 5.26 Å². The molecule has 4 N–H and O–H groups in total. The fraction of sp³-hybridized carbons (Fsp3) is 0.172. The van der Waals surface area contributed by atoms with Crippen LogP contribution in [-0.4, -0.2) is 29.0 Å². The molecule has 1 amide bonds. The van der Waals surface area contributed by atoms with Crippen LogP contribution in [0.4, 0.5) is 10.2 Å². The number of hydrogen-bond donors (Lipinski definition) is 3. The summed E-state index contributed by atoms with van der Waals surface area (Å²) >= 11 is 0. The monoisotopic (exact) mass is 494 g/mol. The van der Waals surface area contributed by atoms with Gasteiger partial charge in [0.1, 0.15) is 11.6 Å². The van der Waals surface area contributed by atoms with Gasteiger partial charge in [0, 0.05) is 24.2 Å². The predicted octanol–water partition coefficient (Wildman–Crippen LogP) is 4.24. The molecule has 0 aliphatic rings. The third kappa shape index (κ3) is 6.75. The quantitative estimate of drug-likeness (QED) is 0.304. The summed E-state index contributed by atoms with van der Waals surface area (Å²) in [6.07, 6.45) is 1.20. The molecule has 186 valence electrons. The second-order valence-corrected chi connectivity index (χ2v) is 8.40. The van der Waals surface area contributed by atoms with Crippen molar-refractivity contribution in [2.45, 2.75) is 19.4 Å². The highest BCUT2D eigenvalue weighted by molar-refractivity contribution is 5.99. The molecule has 0 saturated carbocycles. The lowest BCUT2D eigenvalue weighted by atomic mass is 10.0. The molecule has 2 heterocycles. The number of amides is 1. The van der Waals surface area contributed by atoms with E-state index >= 15 is 0 Å². The minimum Gasteiger partial charge on any atom is -0.369 e. The molecule has 2 aromatic carbocycles. The number of halogens is 1. The highest BCUT2D eigenvalue weighted by Crippen LogP contribution is 2.25. The van der Waals surface area contributed by atoms with Crippen LogP contribution in [0.2, 0.25) is 0 Å². The summed E-state index contributed by atoms with van der Waals surface area (Å²) in [6, 6.07) is 24.8. The third-order valence-corrected chi connectivity index (χ3v) is 5.75. The van der Waals surface area contributed by atoms with Gasteiger partial charge in [-0.05, 0) is 61.0 Å². The highest BCUT2D eigenvalue weighted by atomic mass is 19.1. The molecule has 0 radical (unpaired) electrons. The fourth-order valence-electron chi connectivity index (χ4n) is 3.93. The van der Waals surface area contributed by atoms with Gasteiger partial charge in [-0.1, -0.05) is 36.4 Å². The van der Waals surface area contributed by atoms with Gasteiger partial charge in [0.25, 0.3) is 5.91 Å². The summed E-state index contributed by atoms with van der Waals surface area (Å²) in [4.78, 5) is 22.4. The van der Waals surface area contributed by atoms with Crippen LogP contribution < -0.4 is 16.4 Å². The van der Waals surface area contributed by atoms with Gasteiger partial charge in [-0.2, -0.15) is 5.26 Å². The number of benzene rings is 2. The van der Waals surface area contributed by atoms with Crippen LogP contribution in [0.25, 0.3) is 11.3 Å². The normalized spacial score (nSPS) is 10.5. The standard InChI is InChI=1S/C29H27FN6O/c30-22-7-3-5-20(17-22)14-16-33-28-26(11-12-27(36-28)25-10-2-1-6-21(25)18-32)29(37)34-19-24-9-4-8-23(35-24)13-15-31/h1-12,17H,13-16,19,31H2,(H,33,36)(H,34,37). The third-order valence-electron chi connectivity index (χ3n) is 5.75. The Labute approximate surface area is 215 Å². The Morgan fingerprint density at radius 3 is 2.57 bits per heavy atom. The van der Waals surface area contributed by atoms with Gasteiger partial charge >= 0.3 is 0 Å². The van der Waals surface area contributed by atoms with Crippen molar-refractivity contribution in [2.75, 3.05) is 18.4 Å². The Morgan fingerprint density at radius 2 is 1.76 bits per heavy atom. The number of nitrogens with two attached hydrogens (primary N) is 1. The maximum Gasteiger partial charge on any atom is 0.255 e. The van der Waals surface area contributed by atoms with E-state index in [1.807, 2.05) is 36.4 Å². The topological polar surface area (TPSA) is 117 Å². The lowest BCUT2D eigenvalue weighted by molar-refractivity contribution is 0.0951. The molecule has 0 aliphatic carbocycles. The van der Waals surface area contributed by atoms with Crippen molar-refractivity contribution < 1.29 is 9.18 Å². The van der Waals surface area contributed by atoms with E-state index in [0.717, 1.165) is 17.0 Å². The van der Waals surface area contributed by atoms with Crippen molar-refractivity contribution >= 4 is 11.7 Å². The largest absolute Gasteiger partial charge is 0.369 e. The van der Waals surface area contributed by atoms with Gasteiger partial charge in [0.15, 0.2) is 0 Å². The summed E-state index contributed by atoms with van der Waals surface area (Å²) in [5.41, 5.74) is 10.1. The smallest absolute Gasteiger partial charge is 0.255 e. The van der Waals surface area contributed by atoms with Crippen LogP contribution >= 0.6 is 0 Å². The minimum absolute atomic E-state index is 0.249. The molecular weight excluding hydrogens is 467 g/mol. The molecule has 0 saturated heterocycles. The molecule has 0 unspecified atom stereocenters. The second-order valence-electron chi connectivity index (χ2n) is 8.40. The summed E-state index contributed by atoms with van der Waals surface area (Å²) in [7, 11) is 0. The summed E-state index contributed by atoms with van der Waals surface area (Å²) < 4.78 is 13.6. The van der Waals surface area contributed by atoms with Gasteiger partial charge in [-0.15, -0.1) is 0 Å². The Balaban J connectivity index is 1.56. The van der Waals surface area contributed by atoms with Gasteiger partial charge < -0.3 is 16.4 Å². The highest BCUT2D eigenvalue weighted by Gasteiger charge is 2.16. The average molecular weight is 495 g/mol. The molecule has 0 bridgehead atoms. The van der Waals surface area contributed by atoms with Crippen molar-refractivity contribution in [3.8, 4) is 17.3 Å². The number of carbonyl (C=O) groups is 1. The molecule has 4 rings (SSSR count). The number of aromatic nitrogens is 2. The zero-order valence-electron chi connectivity index (χ0n) is 20.2. The average Bonchev–Trinajstić information content (AvgIpc) is 2.92. The van der Waals surface area contributed by atoms with Crippen molar-refractivity contribution in [3.63, 3.8) is 0 Å². The van der Waals surface area contributed by atoms with E-state index in [1.54, 1.807) is 30.3 Å². The summed E-state index contributed by atoms with van der Waals surface area (Å²) in [5.74, 6) is -0.231. The fourth-order valence-corrected chi connectivity index (χ4v) is 3.93. The van der Waals surface area contributed by atoms with Crippen molar-refractivity contribution in [3.05, 3.63) is 113 Å². The summed E-state index contributed by atoms with van der Waals surface area (Å²) in [5, 5.41) is 15.6. The maximum atomic E-state index is 13.6. The Kier molecular flexibility index (Phi) is 8.53. The Morgan fingerprint density at radius 1 is 0.946 bits per heavy atom. The number of rotatable bonds is 10. The Bertz CT molecular complexity index is 1430. The number of hydrogen-bond acceptors (Lipinski definition) is 6. The molecule has 0 aliphatic heterocycles. The predicted molar refractivity (Wildman–Crippen MR) is 141 cm³/mol. The number of nitriles is 1. The molecule has 0 atom stereocenters. The number of carbonyl (C=O) groups excluding carboxylic acids is 1. The number of anilines is 1. The van der Waals surface area contributed by atoms with E-state index in [0.29, 0.717) is 54.1 Å². The van der Waals surface area contributed by atoms with E-state index < -0.39 is 0 Å². The zero-order valence-corrected chi connectivity index (χ0v) is 20.2. The Hall–Kier alpha value is -4.61. The molecular formula is C29H27FN6O. The van der Waals surface area contributed by atoms with E-state index in [9.17, 15) is 14.4 Å². The van der Waals surface area contributed by atoms with Gasteiger partial charge in [0.2, 0.25) is 0 Å². The van der Waals surface area contributed by atoms with Crippen LogP contribution in [0.3, 0.4) is 0 Å². The first-order valence-electron chi connectivity index (χ1n) is 12.0. The van der Waals surface area contributed by atoms with E-state index in [2.05, 4.69) is 26.7 Å². The molecule has 37 heavy (non-hydrogen) atoms. The number of nitrogens with one attached hydrogen (secondary N) is 2. The van der Waals surface area contributed by atoms with Crippen LogP contribution in [-0.2, 0) is 19.4 Å². The van der Waals surface area contributed by atoms with E-state index in [4.69, 9.17) is 5.73 Å². The first kappa shape index (κ1) is 25.5. The van der Waals surface area contributed by atoms with E-state index in [1.165, 1.54) is 12.1 Å². The minimum atomic E-state index is -0.313. The molecule has 0 fully saturated rings. The zero-order chi connectivity index (χ0) is 26.0. The molecule has 7 nitrogen and oxygen atoms in total. The van der Waals surface area contributed by atoms with E-state index in [-0.39, 0.29) is 18.3 Å². The van der Waals surface area contributed by atoms with Crippen LogP contribution in [0.5, 0.6) is 0 Å². The lowest BCUT2D eigenvalue weighted by Crippen LogP contribution is -2.25. The van der Waals surface area contributed by atoms with Gasteiger partial charge in [-0.25, -0.2) is 9.37 Å². The van der Waals surface area contributed by atoms with Gasteiger partial charge in [-0.3, -0.25) is 9.78 Å². The van der Waals surface area contributed by atoms with Crippen LogP contribution in [0.15, 0.2) is 78.9 Å². The molecule has 2 aromatic heterocycles. The van der Waals surface area contributed by atoms with Crippen molar-refractivity contribution in [2.24, 2.45) is 5.73 Å². The first-order chi connectivity index (χ1) is 18.1. The molecule has 8 heteroatoms. The SMILES string of the molecule is N#Cc1ccccc1-c1ccc(C(=O)NCc2cccc(CCN)n2)c(NCCc2cccc(F)c2)n1. The second kappa shape index (κ2) is 12.4.